The van der Waals surface area contributed by atoms with Crippen molar-refractivity contribution in [1.82, 2.24) is 5.32 Å². The highest BCUT2D eigenvalue weighted by Crippen LogP contribution is 2.16. The van der Waals surface area contributed by atoms with Gasteiger partial charge >= 0.3 is 12.1 Å². The van der Waals surface area contributed by atoms with Gasteiger partial charge in [0.2, 0.25) is 0 Å². The maximum absolute atomic E-state index is 12.8. The van der Waals surface area contributed by atoms with Crippen molar-refractivity contribution in [3.63, 3.8) is 0 Å². The van der Waals surface area contributed by atoms with Crippen molar-refractivity contribution >= 4 is 12.1 Å². The predicted octanol–water partition coefficient (Wildman–Crippen LogP) is 5.44. The summed E-state index contributed by atoms with van der Waals surface area (Å²) in [6, 6.07) is 25.8. The predicted molar refractivity (Wildman–Crippen MR) is 130 cm³/mol. The van der Waals surface area contributed by atoms with Crippen molar-refractivity contribution in [3.05, 3.63) is 102 Å². The van der Waals surface area contributed by atoms with E-state index in [1.807, 2.05) is 84.9 Å². The lowest BCUT2D eigenvalue weighted by Crippen LogP contribution is -2.45. The molecule has 34 heavy (non-hydrogen) atoms. The van der Waals surface area contributed by atoms with E-state index in [1.54, 1.807) is 20.8 Å². The first kappa shape index (κ1) is 24.8. The number of hydrogen-bond acceptors (Lipinski definition) is 5. The molecule has 0 aromatic heterocycles. The number of ether oxygens (including phenoxy) is 3. The van der Waals surface area contributed by atoms with Crippen LogP contribution in [0.5, 0.6) is 5.75 Å². The topological polar surface area (TPSA) is 73.9 Å². The highest BCUT2D eigenvalue weighted by Gasteiger charge is 2.26. The summed E-state index contributed by atoms with van der Waals surface area (Å²) in [6.07, 6.45) is -0.414. The molecule has 0 saturated heterocycles. The number of carbonyl (C=O) groups excluding carboxylic acids is 2. The minimum Gasteiger partial charge on any atom is -0.489 e. The number of alkyl carbamates (subject to hydrolysis) is 1. The van der Waals surface area contributed by atoms with Crippen molar-refractivity contribution in [2.45, 2.75) is 52.0 Å². The lowest BCUT2D eigenvalue weighted by molar-refractivity contribution is -0.147. The molecular formula is C28H31NO5. The molecule has 0 heterocycles. The minimum atomic E-state index is -0.894. The molecule has 0 saturated carbocycles. The number of hydrogen-bond donors (Lipinski definition) is 1. The molecule has 3 rings (SSSR count). The van der Waals surface area contributed by atoms with Gasteiger partial charge in [0.15, 0.2) is 0 Å². The van der Waals surface area contributed by atoms with Crippen LogP contribution in [0.15, 0.2) is 84.9 Å². The zero-order valence-corrected chi connectivity index (χ0v) is 19.8. The third-order valence-electron chi connectivity index (χ3n) is 4.81. The van der Waals surface area contributed by atoms with E-state index in [9.17, 15) is 9.59 Å². The van der Waals surface area contributed by atoms with Gasteiger partial charge in [-0.25, -0.2) is 9.59 Å². The van der Waals surface area contributed by atoms with Gasteiger partial charge in [0.05, 0.1) is 0 Å². The molecule has 6 nitrogen and oxygen atoms in total. The van der Waals surface area contributed by atoms with Crippen molar-refractivity contribution in [2.75, 3.05) is 0 Å². The van der Waals surface area contributed by atoms with Gasteiger partial charge in [-0.1, -0.05) is 72.8 Å². The van der Waals surface area contributed by atoms with Crippen LogP contribution in [0.3, 0.4) is 0 Å². The van der Waals surface area contributed by atoms with E-state index >= 15 is 0 Å². The maximum Gasteiger partial charge on any atom is 0.408 e. The quantitative estimate of drug-likeness (QED) is 0.429. The summed E-state index contributed by atoms with van der Waals surface area (Å²) in [4.78, 5) is 25.2. The monoisotopic (exact) mass is 461 g/mol. The largest absolute Gasteiger partial charge is 0.489 e. The maximum atomic E-state index is 12.8. The van der Waals surface area contributed by atoms with Gasteiger partial charge in [-0.15, -0.1) is 0 Å². The molecule has 1 N–H and O–H groups in total. The average molecular weight is 462 g/mol. The van der Waals surface area contributed by atoms with Crippen LogP contribution in [0.1, 0.15) is 37.5 Å². The highest BCUT2D eigenvalue weighted by molar-refractivity contribution is 5.81. The zero-order chi connectivity index (χ0) is 24.4. The van der Waals surface area contributed by atoms with Gasteiger partial charge in [0.1, 0.15) is 30.6 Å². The van der Waals surface area contributed by atoms with Crippen molar-refractivity contribution in [2.24, 2.45) is 0 Å². The van der Waals surface area contributed by atoms with E-state index in [2.05, 4.69) is 5.32 Å². The number of benzene rings is 3. The first-order valence-corrected chi connectivity index (χ1v) is 11.2. The van der Waals surface area contributed by atoms with Crippen LogP contribution < -0.4 is 10.1 Å². The fourth-order valence-electron chi connectivity index (χ4n) is 3.17. The molecule has 0 radical (unpaired) electrons. The normalized spacial score (nSPS) is 11.9. The minimum absolute atomic E-state index is 0.123. The van der Waals surface area contributed by atoms with E-state index in [0.717, 1.165) is 22.4 Å². The SMILES string of the molecule is CC(C)(C)OC(=O)N[C@H](Cc1ccc(OCc2ccccc2)cc1)C(=O)OCc1ccccc1. The number of esters is 1. The van der Waals surface area contributed by atoms with Crippen LogP contribution in [0, 0.1) is 0 Å². The molecule has 0 spiro atoms. The lowest BCUT2D eigenvalue weighted by atomic mass is 10.1. The van der Waals surface area contributed by atoms with Crippen molar-refractivity contribution < 1.29 is 23.8 Å². The molecule has 1 amide bonds. The molecule has 3 aromatic rings. The smallest absolute Gasteiger partial charge is 0.408 e. The van der Waals surface area contributed by atoms with Crippen LogP contribution in [0.25, 0.3) is 0 Å². The fraction of sp³-hybridized carbons (Fsp3) is 0.286. The number of amides is 1. The Kier molecular flexibility index (Phi) is 8.68. The highest BCUT2D eigenvalue weighted by atomic mass is 16.6. The van der Waals surface area contributed by atoms with Crippen LogP contribution in [-0.4, -0.2) is 23.7 Å². The molecule has 0 bridgehead atoms. The van der Waals surface area contributed by atoms with Crippen LogP contribution in [-0.2, 0) is 33.9 Å². The Bertz CT molecular complexity index is 1040. The summed E-state index contributed by atoms with van der Waals surface area (Å²) in [6.45, 7) is 5.89. The fourth-order valence-corrected chi connectivity index (χ4v) is 3.17. The Labute approximate surface area is 200 Å². The second-order valence-electron chi connectivity index (χ2n) is 8.91. The lowest BCUT2D eigenvalue weighted by Gasteiger charge is -2.23. The van der Waals surface area contributed by atoms with Gasteiger partial charge in [-0.05, 0) is 49.6 Å². The molecule has 1 atom stereocenters. The van der Waals surface area contributed by atoms with Crippen molar-refractivity contribution in [1.29, 1.82) is 0 Å². The van der Waals surface area contributed by atoms with E-state index in [-0.39, 0.29) is 13.0 Å². The zero-order valence-electron chi connectivity index (χ0n) is 19.8. The number of carbonyl (C=O) groups is 2. The third kappa shape index (κ3) is 8.62. The second kappa shape index (κ2) is 11.9. The summed E-state index contributed by atoms with van der Waals surface area (Å²) in [5, 5.41) is 2.65. The van der Waals surface area contributed by atoms with E-state index in [4.69, 9.17) is 14.2 Å². The van der Waals surface area contributed by atoms with Gasteiger partial charge < -0.3 is 19.5 Å². The van der Waals surface area contributed by atoms with E-state index < -0.39 is 23.7 Å². The summed E-state index contributed by atoms with van der Waals surface area (Å²) in [5.74, 6) is 0.190. The summed E-state index contributed by atoms with van der Waals surface area (Å²) in [7, 11) is 0. The van der Waals surface area contributed by atoms with E-state index in [1.165, 1.54) is 0 Å². The summed E-state index contributed by atoms with van der Waals surface area (Å²) < 4.78 is 16.6. The van der Waals surface area contributed by atoms with E-state index in [0.29, 0.717) is 6.61 Å². The summed E-state index contributed by atoms with van der Waals surface area (Å²) in [5.41, 5.74) is 2.12. The molecule has 0 unspecified atom stereocenters. The molecule has 0 fully saturated rings. The van der Waals surface area contributed by atoms with Gasteiger partial charge in [-0.3, -0.25) is 0 Å². The first-order valence-electron chi connectivity index (χ1n) is 11.2. The van der Waals surface area contributed by atoms with Crippen molar-refractivity contribution in [3.8, 4) is 5.75 Å². The van der Waals surface area contributed by atoms with Gasteiger partial charge in [0, 0.05) is 6.42 Å². The second-order valence-corrected chi connectivity index (χ2v) is 8.91. The molecule has 0 aliphatic carbocycles. The Morgan fingerprint density at radius 3 is 1.88 bits per heavy atom. The Morgan fingerprint density at radius 1 is 0.765 bits per heavy atom. The third-order valence-corrected chi connectivity index (χ3v) is 4.81. The Balaban J connectivity index is 1.63. The number of rotatable bonds is 9. The summed E-state index contributed by atoms with van der Waals surface area (Å²) >= 11 is 0. The molecule has 0 aliphatic heterocycles. The molecule has 3 aromatic carbocycles. The van der Waals surface area contributed by atoms with Gasteiger partial charge in [-0.2, -0.15) is 0 Å². The van der Waals surface area contributed by atoms with Crippen LogP contribution in [0.4, 0.5) is 4.79 Å². The molecule has 6 heteroatoms. The molecule has 178 valence electrons. The van der Waals surface area contributed by atoms with Crippen LogP contribution >= 0.6 is 0 Å². The standard InChI is InChI=1S/C28H31NO5/c1-28(2,3)34-27(31)29-25(26(30)33-20-23-12-8-5-9-13-23)18-21-14-16-24(17-15-21)32-19-22-10-6-4-7-11-22/h4-17,25H,18-20H2,1-3H3,(H,29,31)/t25-/m1/s1. The average Bonchev–Trinajstić information content (AvgIpc) is 2.82. The Hall–Kier alpha value is -3.80. The molecular weight excluding hydrogens is 430 g/mol. The Morgan fingerprint density at radius 2 is 1.32 bits per heavy atom. The first-order chi connectivity index (χ1) is 16.3. The molecule has 0 aliphatic rings. The van der Waals surface area contributed by atoms with Gasteiger partial charge in [0.25, 0.3) is 0 Å². The number of nitrogens with one attached hydrogen (secondary N) is 1. The van der Waals surface area contributed by atoms with Crippen LogP contribution in [0.2, 0.25) is 0 Å².